The third kappa shape index (κ3) is 3.72. The maximum atomic E-state index is 13.6. The van der Waals surface area contributed by atoms with E-state index < -0.39 is 34.6 Å². The molecule has 0 heterocycles. The highest BCUT2D eigenvalue weighted by molar-refractivity contribution is 5.95. The van der Waals surface area contributed by atoms with Gasteiger partial charge < -0.3 is 11.1 Å². The Labute approximate surface area is 120 Å². The zero-order valence-corrected chi connectivity index (χ0v) is 11.9. The van der Waals surface area contributed by atoms with E-state index in [-0.39, 0.29) is 6.54 Å². The van der Waals surface area contributed by atoms with Gasteiger partial charge in [-0.05, 0) is 31.0 Å². The number of rotatable bonds is 5. The molecule has 1 aromatic carbocycles. The topological polar surface area (TPSA) is 55.1 Å². The zero-order valence-electron chi connectivity index (χ0n) is 11.9. The molecule has 0 saturated heterocycles. The largest absolute Gasteiger partial charge is 0.416 e. The fourth-order valence-corrected chi connectivity index (χ4v) is 2.00. The molecule has 0 unspecified atom stereocenters. The van der Waals surface area contributed by atoms with E-state index >= 15 is 0 Å². The Bertz CT molecular complexity index is 502. The summed E-state index contributed by atoms with van der Waals surface area (Å²) in [6.07, 6.45) is -3.79. The van der Waals surface area contributed by atoms with Crippen LogP contribution in [0.3, 0.4) is 0 Å². The van der Waals surface area contributed by atoms with Gasteiger partial charge in [-0.15, -0.1) is 0 Å². The molecule has 3 nitrogen and oxygen atoms in total. The quantitative estimate of drug-likeness (QED) is 0.817. The molecule has 0 atom stereocenters. The second-order valence-corrected chi connectivity index (χ2v) is 4.84. The molecule has 7 heteroatoms. The average Bonchev–Trinajstić information content (AvgIpc) is 2.42. The number of benzene rings is 1. The summed E-state index contributed by atoms with van der Waals surface area (Å²) in [5.41, 5.74) is 3.16. The van der Waals surface area contributed by atoms with Crippen molar-refractivity contribution < 1.29 is 22.4 Å². The van der Waals surface area contributed by atoms with Crippen molar-refractivity contribution in [3.63, 3.8) is 0 Å². The number of anilines is 1. The Morgan fingerprint density at radius 3 is 2.24 bits per heavy atom. The number of alkyl halides is 3. The van der Waals surface area contributed by atoms with Crippen LogP contribution in [0.25, 0.3) is 0 Å². The fourth-order valence-electron chi connectivity index (χ4n) is 2.00. The van der Waals surface area contributed by atoms with Gasteiger partial charge in [0.05, 0.1) is 16.7 Å². The highest BCUT2D eigenvalue weighted by atomic mass is 19.4. The van der Waals surface area contributed by atoms with Gasteiger partial charge in [-0.3, -0.25) is 4.79 Å². The van der Waals surface area contributed by atoms with Gasteiger partial charge in [-0.2, -0.15) is 13.2 Å². The first kappa shape index (κ1) is 17.4. The summed E-state index contributed by atoms with van der Waals surface area (Å²) < 4.78 is 51.4. The Balaban J connectivity index is 3.10. The minimum Gasteiger partial charge on any atom is -0.329 e. The van der Waals surface area contributed by atoms with Crippen LogP contribution in [-0.2, 0) is 11.0 Å². The molecule has 0 aliphatic rings. The van der Waals surface area contributed by atoms with Gasteiger partial charge >= 0.3 is 6.18 Å². The van der Waals surface area contributed by atoms with Gasteiger partial charge in [0.15, 0.2) is 0 Å². The van der Waals surface area contributed by atoms with E-state index in [4.69, 9.17) is 5.73 Å². The molecule has 0 saturated carbocycles. The molecular weight excluding hydrogens is 288 g/mol. The van der Waals surface area contributed by atoms with Crippen molar-refractivity contribution in [3.8, 4) is 0 Å². The van der Waals surface area contributed by atoms with E-state index in [9.17, 15) is 22.4 Å². The number of nitrogens with one attached hydrogen (secondary N) is 1. The second kappa shape index (κ2) is 6.43. The van der Waals surface area contributed by atoms with E-state index in [0.717, 1.165) is 0 Å². The Kier molecular flexibility index (Phi) is 5.33. The lowest BCUT2D eigenvalue weighted by molar-refractivity contribution is -0.137. The van der Waals surface area contributed by atoms with Gasteiger partial charge in [0, 0.05) is 6.54 Å². The highest BCUT2D eigenvalue weighted by Gasteiger charge is 2.35. The second-order valence-electron chi connectivity index (χ2n) is 4.84. The van der Waals surface area contributed by atoms with Gasteiger partial charge in [-0.25, -0.2) is 4.39 Å². The van der Waals surface area contributed by atoms with Crippen LogP contribution in [0.1, 0.15) is 32.3 Å². The molecule has 1 aromatic rings. The van der Waals surface area contributed by atoms with Crippen LogP contribution in [0.15, 0.2) is 18.2 Å². The molecule has 0 fully saturated rings. The molecule has 0 aromatic heterocycles. The number of hydrogen-bond acceptors (Lipinski definition) is 2. The van der Waals surface area contributed by atoms with Crippen LogP contribution >= 0.6 is 0 Å². The summed E-state index contributed by atoms with van der Waals surface area (Å²) in [6, 6.07) is 1.89. The summed E-state index contributed by atoms with van der Waals surface area (Å²) in [7, 11) is 0. The molecule has 0 radical (unpaired) electrons. The van der Waals surface area contributed by atoms with Crippen molar-refractivity contribution in [2.75, 3.05) is 11.9 Å². The summed E-state index contributed by atoms with van der Waals surface area (Å²) in [6.45, 7) is 3.53. The molecule has 3 N–H and O–H groups in total. The maximum Gasteiger partial charge on any atom is 0.416 e. The summed E-state index contributed by atoms with van der Waals surface area (Å²) in [5, 5.41) is 2.22. The third-order valence-electron chi connectivity index (χ3n) is 3.77. The zero-order chi connectivity index (χ0) is 16.3. The Hall–Kier alpha value is -1.63. The van der Waals surface area contributed by atoms with E-state index in [1.54, 1.807) is 13.8 Å². The normalized spacial score (nSPS) is 12.3. The SMILES string of the molecule is CCC(CC)(CN)C(=O)Nc1cc(C(F)(F)F)ccc1F. The minimum atomic E-state index is -4.60. The summed E-state index contributed by atoms with van der Waals surface area (Å²) in [4.78, 5) is 12.2. The molecule has 0 aliphatic heterocycles. The molecule has 21 heavy (non-hydrogen) atoms. The van der Waals surface area contributed by atoms with Crippen molar-refractivity contribution in [2.24, 2.45) is 11.1 Å². The van der Waals surface area contributed by atoms with Crippen LogP contribution in [-0.4, -0.2) is 12.5 Å². The smallest absolute Gasteiger partial charge is 0.329 e. The van der Waals surface area contributed by atoms with Gasteiger partial charge in [0.1, 0.15) is 5.82 Å². The van der Waals surface area contributed by atoms with Gasteiger partial charge in [0.25, 0.3) is 0 Å². The first-order valence-electron chi connectivity index (χ1n) is 6.58. The van der Waals surface area contributed by atoms with Crippen LogP contribution in [0.2, 0.25) is 0 Å². The van der Waals surface area contributed by atoms with Crippen molar-refractivity contribution in [3.05, 3.63) is 29.6 Å². The summed E-state index contributed by atoms with van der Waals surface area (Å²) in [5.74, 6) is -1.50. The van der Waals surface area contributed by atoms with E-state index in [1.165, 1.54) is 0 Å². The first-order chi connectivity index (χ1) is 9.70. The number of carbonyl (C=O) groups excluding carboxylic acids is 1. The highest BCUT2D eigenvalue weighted by Crippen LogP contribution is 2.33. The van der Waals surface area contributed by atoms with Crippen molar-refractivity contribution in [1.29, 1.82) is 0 Å². The molecule has 118 valence electrons. The number of carbonyl (C=O) groups is 1. The number of nitrogens with two attached hydrogens (primary N) is 1. The first-order valence-corrected chi connectivity index (χ1v) is 6.58. The van der Waals surface area contributed by atoms with Crippen LogP contribution < -0.4 is 11.1 Å². The number of hydrogen-bond donors (Lipinski definition) is 2. The van der Waals surface area contributed by atoms with Crippen LogP contribution in [0, 0.1) is 11.2 Å². The van der Waals surface area contributed by atoms with Crippen molar-refractivity contribution >= 4 is 11.6 Å². The lowest BCUT2D eigenvalue weighted by Gasteiger charge is -2.28. The lowest BCUT2D eigenvalue weighted by atomic mass is 9.81. The van der Waals surface area contributed by atoms with E-state index in [2.05, 4.69) is 5.32 Å². The number of amides is 1. The van der Waals surface area contributed by atoms with Crippen LogP contribution in [0.4, 0.5) is 23.2 Å². The molecule has 0 spiro atoms. The average molecular weight is 306 g/mol. The predicted octanol–water partition coefficient (Wildman–Crippen LogP) is 3.55. The molecule has 0 bridgehead atoms. The Morgan fingerprint density at radius 1 is 1.24 bits per heavy atom. The Morgan fingerprint density at radius 2 is 1.81 bits per heavy atom. The molecule has 0 aliphatic carbocycles. The molecular formula is C14H18F4N2O. The standard InChI is InChI=1S/C14H18F4N2O/c1-3-13(4-2,8-19)12(21)20-11-7-9(14(16,17)18)5-6-10(11)15/h5-7H,3-4,8,19H2,1-2H3,(H,20,21). The summed E-state index contributed by atoms with van der Waals surface area (Å²) >= 11 is 0. The van der Waals surface area contributed by atoms with Gasteiger partial charge in [-0.1, -0.05) is 13.8 Å². The third-order valence-corrected chi connectivity index (χ3v) is 3.77. The van der Waals surface area contributed by atoms with E-state index in [0.29, 0.717) is 31.0 Å². The lowest BCUT2D eigenvalue weighted by Crippen LogP contribution is -2.41. The van der Waals surface area contributed by atoms with Crippen LogP contribution in [0.5, 0.6) is 0 Å². The number of halogens is 4. The predicted molar refractivity (Wildman–Crippen MR) is 72.1 cm³/mol. The van der Waals surface area contributed by atoms with E-state index in [1.807, 2.05) is 0 Å². The van der Waals surface area contributed by atoms with Crippen molar-refractivity contribution in [1.82, 2.24) is 0 Å². The molecule has 1 amide bonds. The minimum absolute atomic E-state index is 0.0341. The molecule has 1 rings (SSSR count). The van der Waals surface area contributed by atoms with Gasteiger partial charge in [0.2, 0.25) is 5.91 Å². The fraction of sp³-hybridized carbons (Fsp3) is 0.500. The monoisotopic (exact) mass is 306 g/mol. The maximum absolute atomic E-state index is 13.6. The van der Waals surface area contributed by atoms with Crippen molar-refractivity contribution in [2.45, 2.75) is 32.9 Å².